The highest BCUT2D eigenvalue weighted by molar-refractivity contribution is 6.30. The van der Waals surface area contributed by atoms with Crippen molar-refractivity contribution in [1.82, 2.24) is 15.1 Å². The van der Waals surface area contributed by atoms with Gasteiger partial charge in [-0.15, -0.1) is 0 Å². The fraction of sp³-hybridized carbons (Fsp3) is 0.400. The number of benzene rings is 2. The SMILES string of the molecule is CC(C)(C)CN1CC[C@@H](c2cc(-c3ccc(Cl)cc3)n[nH]2)[C@H](c2ccc(F)cc2)C1. The molecule has 5 heteroatoms. The fourth-order valence-corrected chi connectivity index (χ4v) is 4.67. The summed E-state index contributed by atoms with van der Waals surface area (Å²) in [6, 6.07) is 16.9. The number of rotatable bonds is 4. The molecule has 2 heterocycles. The molecule has 30 heavy (non-hydrogen) atoms. The Kier molecular flexibility index (Phi) is 5.99. The maximum atomic E-state index is 13.6. The van der Waals surface area contributed by atoms with Gasteiger partial charge in [0.1, 0.15) is 5.82 Å². The van der Waals surface area contributed by atoms with E-state index < -0.39 is 0 Å². The highest BCUT2D eigenvalue weighted by atomic mass is 35.5. The van der Waals surface area contributed by atoms with Gasteiger partial charge in [0, 0.05) is 41.2 Å². The molecule has 1 saturated heterocycles. The van der Waals surface area contributed by atoms with E-state index in [0.717, 1.165) is 48.0 Å². The van der Waals surface area contributed by atoms with Crippen molar-refractivity contribution < 1.29 is 4.39 Å². The quantitative estimate of drug-likeness (QED) is 0.518. The number of H-pyrrole nitrogens is 1. The van der Waals surface area contributed by atoms with E-state index in [4.69, 9.17) is 11.6 Å². The van der Waals surface area contributed by atoms with Crippen LogP contribution in [0.1, 0.15) is 50.3 Å². The van der Waals surface area contributed by atoms with Crippen molar-refractivity contribution in [3.63, 3.8) is 0 Å². The first-order valence-corrected chi connectivity index (χ1v) is 11.0. The Hall–Kier alpha value is -2.17. The Morgan fingerprint density at radius 1 is 1.07 bits per heavy atom. The predicted octanol–water partition coefficient (Wildman–Crippen LogP) is 6.49. The van der Waals surface area contributed by atoms with Crippen LogP contribution in [0.4, 0.5) is 4.39 Å². The Morgan fingerprint density at radius 2 is 1.77 bits per heavy atom. The number of hydrogen-bond acceptors (Lipinski definition) is 2. The average molecular weight is 426 g/mol. The van der Waals surface area contributed by atoms with Gasteiger partial charge in [0.2, 0.25) is 0 Å². The third-order valence-electron chi connectivity index (χ3n) is 5.83. The molecule has 0 radical (unpaired) electrons. The molecule has 2 atom stereocenters. The van der Waals surface area contributed by atoms with Crippen LogP contribution in [0.3, 0.4) is 0 Å². The summed E-state index contributed by atoms with van der Waals surface area (Å²) < 4.78 is 13.6. The lowest BCUT2D eigenvalue weighted by Gasteiger charge is -2.41. The van der Waals surface area contributed by atoms with E-state index in [2.05, 4.69) is 41.9 Å². The number of aromatic amines is 1. The first-order chi connectivity index (χ1) is 14.3. The molecular weight excluding hydrogens is 397 g/mol. The maximum absolute atomic E-state index is 13.6. The fourth-order valence-electron chi connectivity index (χ4n) is 4.55. The monoisotopic (exact) mass is 425 g/mol. The zero-order valence-electron chi connectivity index (χ0n) is 17.8. The van der Waals surface area contributed by atoms with Gasteiger partial charge in [-0.05, 0) is 54.3 Å². The number of halogens is 2. The van der Waals surface area contributed by atoms with Crippen LogP contribution in [0, 0.1) is 11.2 Å². The molecule has 0 aliphatic carbocycles. The van der Waals surface area contributed by atoms with Gasteiger partial charge in [0.05, 0.1) is 5.69 Å². The van der Waals surface area contributed by atoms with Crippen LogP contribution in [0.2, 0.25) is 5.02 Å². The summed E-state index contributed by atoms with van der Waals surface area (Å²) in [5.41, 5.74) is 4.55. The zero-order valence-corrected chi connectivity index (χ0v) is 18.6. The lowest BCUT2D eigenvalue weighted by atomic mass is 9.78. The molecule has 2 aromatic carbocycles. The molecule has 3 nitrogen and oxygen atoms in total. The van der Waals surface area contributed by atoms with E-state index in [9.17, 15) is 4.39 Å². The number of piperidine rings is 1. The molecule has 1 fully saturated rings. The molecule has 158 valence electrons. The van der Waals surface area contributed by atoms with Crippen LogP contribution >= 0.6 is 11.6 Å². The summed E-state index contributed by atoms with van der Waals surface area (Å²) in [6.45, 7) is 9.89. The molecule has 1 aliphatic heterocycles. The third kappa shape index (κ3) is 4.93. The molecule has 1 aliphatic rings. The number of hydrogen-bond donors (Lipinski definition) is 1. The van der Waals surface area contributed by atoms with Crippen molar-refractivity contribution in [2.24, 2.45) is 5.41 Å². The molecule has 4 rings (SSSR count). The van der Waals surface area contributed by atoms with Crippen molar-refractivity contribution in [1.29, 1.82) is 0 Å². The van der Waals surface area contributed by atoms with Gasteiger partial charge in [0.25, 0.3) is 0 Å². The van der Waals surface area contributed by atoms with Crippen molar-refractivity contribution in [2.75, 3.05) is 19.6 Å². The van der Waals surface area contributed by atoms with Crippen molar-refractivity contribution in [2.45, 2.75) is 39.0 Å². The molecule has 0 saturated carbocycles. The van der Waals surface area contributed by atoms with E-state index in [-0.39, 0.29) is 11.2 Å². The Bertz CT molecular complexity index is 973. The van der Waals surface area contributed by atoms with Crippen LogP contribution in [-0.2, 0) is 0 Å². The highest BCUT2D eigenvalue weighted by Crippen LogP contribution is 2.40. The summed E-state index contributed by atoms with van der Waals surface area (Å²) in [7, 11) is 0. The summed E-state index contributed by atoms with van der Waals surface area (Å²) in [4.78, 5) is 2.54. The van der Waals surface area contributed by atoms with E-state index >= 15 is 0 Å². The van der Waals surface area contributed by atoms with E-state index in [1.807, 2.05) is 36.4 Å². The van der Waals surface area contributed by atoms with Gasteiger partial charge in [-0.2, -0.15) is 5.10 Å². The number of nitrogens with zero attached hydrogens (tertiary/aromatic N) is 2. The smallest absolute Gasteiger partial charge is 0.123 e. The predicted molar refractivity (Wildman–Crippen MR) is 121 cm³/mol. The molecule has 0 bridgehead atoms. The van der Waals surface area contributed by atoms with Crippen LogP contribution in [0.25, 0.3) is 11.3 Å². The van der Waals surface area contributed by atoms with Crippen LogP contribution in [-0.4, -0.2) is 34.7 Å². The van der Waals surface area contributed by atoms with Crippen LogP contribution < -0.4 is 0 Å². The average Bonchev–Trinajstić information content (AvgIpc) is 3.18. The topological polar surface area (TPSA) is 31.9 Å². The Morgan fingerprint density at radius 3 is 2.43 bits per heavy atom. The van der Waals surface area contributed by atoms with Gasteiger partial charge in [-0.1, -0.05) is 56.6 Å². The third-order valence-corrected chi connectivity index (χ3v) is 6.08. The molecule has 1 aromatic heterocycles. The van der Waals surface area contributed by atoms with Gasteiger partial charge in [-0.25, -0.2) is 4.39 Å². The summed E-state index contributed by atoms with van der Waals surface area (Å²) in [5, 5.41) is 8.58. The largest absolute Gasteiger partial charge is 0.302 e. The number of likely N-dealkylation sites (tertiary alicyclic amines) is 1. The van der Waals surface area contributed by atoms with E-state index in [1.54, 1.807) is 12.1 Å². The summed E-state index contributed by atoms with van der Waals surface area (Å²) in [5.74, 6) is 0.421. The van der Waals surface area contributed by atoms with Gasteiger partial charge in [-0.3, -0.25) is 5.10 Å². The lowest BCUT2D eigenvalue weighted by molar-refractivity contribution is 0.138. The molecule has 0 unspecified atom stereocenters. The number of aromatic nitrogens is 2. The second-order valence-corrected chi connectivity index (χ2v) is 10.0. The van der Waals surface area contributed by atoms with Crippen molar-refractivity contribution >= 4 is 11.6 Å². The Balaban J connectivity index is 1.62. The van der Waals surface area contributed by atoms with Crippen molar-refractivity contribution in [3.8, 4) is 11.3 Å². The summed E-state index contributed by atoms with van der Waals surface area (Å²) >= 11 is 6.02. The molecular formula is C25H29ClFN3. The molecule has 3 aromatic rings. The lowest BCUT2D eigenvalue weighted by Crippen LogP contribution is -2.42. The van der Waals surface area contributed by atoms with E-state index in [1.165, 1.54) is 5.56 Å². The van der Waals surface area contributed by atoms with E-state index in [0.29, 0.717) is 11.8 Å². The summed E-state index contributed by atoms with van der Waals surface area (Å²) in [6.07, 6.45) is 1.04. The van der Waals surface area contributed by atoms with Crippen molar-refractivity contribution in [3.05, 3.63) is 76.7 Å². The standard InChI is InChI=1S/C25H29ClFN3/c1-25(2,3)16-30-13-12-21(22(15-30)17-6-10-20(27)11-7-17)24-14-23(28-29-24)18-4-8-19(26)9-5-18/h4-11,14,21-22H,12-13,15-16H2,1-3H3,(H,28,29)/t21-,22+/m1/s1. The normalized spacial score (nSPS) is 20.4. The minimum Gasteiger partial charge on any atom is -0.302 e. The minimum atomic E-state index is -0.191. The van der Waals surface area contributed by atoms with Gasteiger partial charge < -0.3 is 4.90 Å². The van der Waals surface area contributed by atoms with Crippen LogP contribution in [0.15, 0.2) is 54.6 Å². The maximum Gasteiger partial charge on any atom is 0.123 e. The van der Waals surface area contributed by atoms with Crippen LogP contribution in [0.5, 0.6) is 0 Å². The molecule has 0 amide bonds. The van der Waals surface area contributed by atoms with Gasteiger partial charge >= 0.3 is 0 Å². The Labute approximate surface area is 183 Å². The second kappa shape index (κ2) is 8.52. The molecule has 1 N–H and O–H groups in total. The first kappa shape index (κ1) is 21.1. The first-order valence-electron chi connectivity index (χ1n) is 10.6. The zero-order chi connectivity index (χ0) is 21.3. The van der Waals surface area contributed by atoms with Gasteiger partial charge in [0.15, 0.2) is 0 Å². The highest BCUT2D eigenvalue weighted by Gasteiger charge is 2.34. The number of nitrogens with one attached hydrogen (secondary N) is 1. The second-order valence-electron chi connectivity index (χ2n) is 9.56. The minimum absolute atomic E-state index is 0.191. The molecule has 0 spiro atoms.